The van der Waals surface area contributed by atoms with Crippen LogP contribution >= 0.6 is 0 Å². The summed E-state index contributed by atoms with van der Waals surface area (Å²) < 4.78 is 16.6. The Labute approximate surface area is 336 Å². The average Bonchev–Trinajstić information content (AvgIpc) is 3.11. The summed E-state index contributed by atoms with van der Waals surface area (Å²) in [6, 6.07) is 0. The number of hydrogen-bond donors (Lipinski definition) is 3. The van der Waals surface area contributed by atoms with E-state index in [1.54, 1.807) is 0 Å². The Hall–Kier alpha value is -3.92. The van der Waals surface area contributed by atoms with E-state index in [-0.39, 0.29) is 17.8 Å². The Kier molecular flexibility index (Phi) is 20.1. The molecule has 1 aliphatic heterocycles. The number of hydrogen-bond acceptors (Lipinski definition) is 8. The van der Waals surface area contributed by atoms with Gasteiger partial charge in [-0.3, -0.25) is 9.59 Å². The van der Waals surface area contributed by atoms with Crippen LogP contribution in [0.1, 0.15) is 108 Å². The maximum absolute atomic E-state index is 12.2. The predicted molar refractivity (Wildman–Crippen MR) is 228 cm³/mol. The molecule has 0 bridgehead atoms. The smallest absolute Gasteiger partial charge is 0.302 e. The number of aliphatic hydroxyl groups excluding tert-OH is 3. The van der Waals surface area contributed by atoms with Gasteiger partial charge in [0.25, 0.3) is 0 Å². The van der Waals surface area contributed by atoms with Crippen LogP contribution in [0.25, 0.3) is 0 Å². The molecule has 1 aliphatic carbocycles. The van der Waals surface area contributed by atoms with Crippen molar-refractivity contribution in [1.82, 2.24) is 0 Å². The number of Topliss-reactive ketones (excluding diaryl/α,β-unsaturated/α-hetero) is 1. The van der Waals surface area contributed by atoms with Crippen LogP contribution in [0, 0.1) is 5.41 Å². The molecule has 1 heterocycles. The van der Waals surface area contributed by atoms with Crippen LogP contribution in [0.2, 0.25) is 0 Å². The van der Waals surface area contributed by atoms with Gasteiger partial charge in [0.05, 0.1) is 5.60 Å². The zero-order valence-corrected chi connectivity index (χ0v) is 35.7. The van der Waals surface area contributed by atoms with Crippen LogP contribution in [-0.2, 0) is 23.8 Å². The third kappa shape index (κ3) is 17.5. The van der Waals surface area contributed by atoms with Crippen molar-refractivity contribution < 1.29 is 39.1 Å². The van der Waals surface area contributed by atoms with Crippen LogP contribution < -0.4 is 0 Å². The van der Waals surface area contributed by atoms with Crippen LogP contribution in [0.3, 0.4) is 0 Å². The Balaban J connectivity index is 1.80. The summed E-state index contributed by atoms with van der Waals surface area (Å²) >= 11 is 0. The SMILES string of the molecule is CC(=O)OCC1OC(OC(C)(C)CCCC(C)=CC=CC(C)=CC=CC(C)=CC=CC=C(C)C=CC=C(C)C=CC2=C(C)C(=O)CCC2(C)C)C(O)C(O)C1O. The molecule has 308 valence electrons. The monoisotopic (exact) mass is 772 g/mol. The van der Waals surface area contributed by atoms with Gasteiger partial charge in [0.2, 0.25) is 0 Å². The number of aliphatic hydroxyl groups is 3. The fraction of sp³-hybridized carbons (Fsp3) is 0.500. The van der Waals surface area contributed by atoms with Crippen molar-refractivity contribution in [2.45, 2.75) is 145 Å². The topological polar surface area (TPSA) is 123 Å². The summed E-state index contributed by atoms with van der Waals surface area (Å²) in [6.45, 7) is 21.5. The third-order valence-electron chi connectivity index (χ3n) is 9.95. The lowest BCUT2D eigenvalue weighted by atomic mass is 9.72. The molecule has 5 unspecified atom stereocenters. The molecule has 2 aliphatic rings. The van der Waals surface area contributed by atoms with Gasteiger partial charge in [-0.25, -0.2) is 0 Å². The molecule has 0 amide bonds. The zero-order chi connectivity index (χ0) is 42.1. The maximum Gasteiger partial charge on any atom is 0.302 e. The van der Waals surface area contributed by atoms with Gasteiger partial charge in [-0.2, -0.15) is 0 Å². The molecule has 2 rings (SSSR count). The summed E-state index contributed by atoms with van der Waals surface area (Å²) in [7, 11) is 0. The molecular formula is C48H68O8. The number of carbonyl (C=O) groups excluding carboxylic acids is 2. The van der Waals surface area contributed by atoms with E-state index in [1.807, 2.05) is 45.1 Å². The van der Waals surface area contributed by atoms with Gasteiger partial charge in [-0.1, -0.05) is 133 Å². The lowest BCUT2D eigenvalue weighted by Gasteiger charge is -2.42. The normalized spacial score (nSPS) is 25.3. The number of carbonyl (C=O) groups is 2. The largest absolute Gasteiger partial charge is 0.463 e. The summed E-state index contributed by atoms with van der Waals surface area (Å²) in [5.41, 5.74) is 7.12. The highest BCUT2D eigenvalue weighted by Crippen LogP contribution is 2.39. The van der Waals surface area contributed by atoms with Crippen LogP contribution in [0.4, 0.5) is 0 Å². The van der Waals surface area contributed by atoms with Crippen molar-refractivity contribution in [1.29, 1.82) is 0 Å². The van der Waals surface area contributed by atoms with E-state index in [0.29, 0.717) is 12.8 Å². The van der Waals surface area contributed by atoms with Gasteiger partial charge in [0.15, 0.2) is 12.1 Å². The van der Waals surface area contributed by atoms with E-state index in [9.17, 15) is 24.9 Å². The van der Waals surface area contributed by atoms with Gasteiger partial charge in [0.1, 0.15) is 31.0 Å². The maximum atomic E-state index is 12.2. The first-order valence-electron chi connectivity index (χ1n) is 19.7. The van der Waals surface area contributed by atoms with E-state index in [4.69, 9.17) is 14.2 Å². The molecule has 8 nitrogen and oxygen atoms in total. The number of rotatable bonds is 18. The van der Waals surface area contributed by atoms with Crippen molar-refractivity contribution in [2.24, 2.45) is 5.41 Å². The molecule has 5 atom stereocenters. The lowest BCUT2D eigenvalue weighted by Crippen LogP contribution is -2.60. The third-order valence-corrected chi connectivity index (χ3v) is 9.95. The first-order chi connectivity index (χ1) is 26.2. The van der Waals surface area contributed by atoms with Crippen LogP contribution in [-0.4, -0.2) is 70.0 Å². The van der Waals surface area contributed by atoms with Crippen molar-refractivity contribution in [2.75, 3.05) is 6.61 Å². The summed E-state index contributed by atoms with van der Waals surface area (Å²) in [4.78, 5) is 23.4. The Bertz CT molecular complexity index is 1680. The highest BCUT2D eigenvalue weighted by atomic mass is 16.7. The van der Waals surface area contributed by atoms with Gasteiger partial charge in [-0.15, -0.1) is 0 Å². The minimum Gasteiger partial charge on any atom is -0.463 e. The van der Waals surface area contributed by atoms with Crippen molar-refractivity contribution >= 4 is 11.8 Å². The summed E-state index contributed by atoms with van der Waals surface area (Å²) in [5, 5.41) is 30.9. The first-order valence-corrected chi connectivity index (χ1v) is 19.7. The Morgan fingerprint density at radius 2 is 1.30 bits per heavy atom. The molecule has 56 heavy (non-hydrogen) atoms. The zero-order valence-electron chi connectivity index (χ0n) is 35.7. The van der Waals surface area contributed by atoms with E-state index in [2.05, 4.69) is 115 Å². The van der Waals surface area contributed by atoms with Gasteiger partial charge >= 0.3 is 5.97 Å². The number of allylic oxidation sites excluding steroid dienone is 22. The van der Waals surface area contributed by atoms with Crippen molar-refractivity contribution in [3.05, 3.63) is 130 Å². The minimum absolute atomic E-state index is 0.0212. The molecule has 1 fully saturated rings. The van der Waals surface area contributed by atoms with E-state index < -0.39 is 42.3 Å². The molecule has 0 aromatic carbocycles. The lowest BCUT2D eigenvalue weighted by molar-refractivity contribution is -0.324. The second-order valence-corrected chi connectivity index (χ2v) is 16.3. The fourth-order valence-corrected chi connectivity index (χ4v) is 6.28. The highest BCUT2D eigenvalue weighted by Gasteiger charge is 2.46. The molecule has 0 spiro atoms. The fourth-order valence-electron chi connectivity index (χ4n) is 6.28. The van der Waals surface area contributed by atoms with E-state index in [1.165, 1.54) is 12.5 Å². The summed E-state index contributed by atoms with van der Waals surface area (Å²) in [6.07, 6.45) is 28.4. The van der Waals surface area contributed by atoms with E-state index in [0.717, 1.165) is 52.7 Å². The molecule has 0 aromatic heterocycles. The molecule has 0 aromatic rings. The van der Waals surface area contributed by atoms with Crippen molar-refractivity contribution in [3.8, 4) is 0 Å². The molecule has 0 radical (unpaired) electrons. The summed E-state index contributed by atoms with van der Waals surface area (Å²) in [5.74, 6) is -0.279. The van der Waals surface area contributed by atoms with Gasteiger partial charge in [0, 0.05) is 13.3 Å². The highest BCUT2D eigenvalue weighted by molar-refractivity contribution is 5.97. The standard InChI is InChI=1S/C48H68O8/c1-33(18-12-13-19-34(2)21-16-25-37(5)27-28-40-38(6)41(50)29-31-47(40,8)9)20-14-22-35(3)23-15-24-36(4)26-17-30-48(10,11)56-46-45(53)44(52)43(51)42(55-46)32-54-39(7)49/h12-16,18-25,27-28,42-46,51-53H,17,26,29-32H2,1-11H3. The Morgan fingerprint density at radius 1 is 0.786 bits per heavy atom. The Morgan fingerprint density at radius 3 is 1.86 bits per heavy atom. The minimum atomic E-state index is -1.49. The molecular weight excluding hydrogens is 705 g/mol. The van der Waals surface area contributed by atoms with E-state index >= 15 is 0 Å². The second kappa shape index (κ2) is 23.3. The number of esters is 1. The molecule has 8 heteroatoms. The van der Waals surface area contributed by atoms with Crippen LogP contribution in [0.15, 0.2) is 130 Å². The predicted octanol–water partition coefficient (Wildman–Crippen LogP) is 9.54. The second-order valence-electron chi connectivity index (χ2n) is 16.3. The quantitative estimate of drug-likeness (QED) is 0.0931. The number of ketones is 1. The molecule has 0 saturated carbocycles. The average molecular weight is 773 g/mol. The van der Waals surface area contributed by atoms with Crippen molar-refractivity contribution in [3.63, 3.8) is 0 Å². The van der Waals surface area contributed by atoms with Crippen LogP contribution in [0.5, 0.6) is 0 Å². The van der Waals surface area contributed by atoms with Gasteiger partial charge < -0.3 is 29.5 Å². The molecule has 3 N–H and O–H groups in total. The number of ether oxygens (including phenoxy) is 3. The first kappa shape index (κ1) is 48.2. The molecule has 1 saturated heterocycles. The van der Waals surface area contributed by atoms with Gasteiger partial charge in [-0.05, 0) is 97.6 Å².